The molecule has 0 aromatic heterocycles. The van der Waals surface area contributed by atoms with Crippen molar-refractivity contribution in [2.45, 2.75) is 70.6 Å². The maximum Gasteiger partial charge on any atom is 0.407 e. The van der Waals surface area contributed by atoms with Crippen molar-refractivity contribution in [1.82, 2.24) is 20.4 Å². The lowest BCUT2D eigenvalue weighted by atomic mass is 10.2. The molecule has 1 aliphatic heterocycles. The predicted molar refractivity (Wildman–Crippen MR) is 123 cm³/mol. The van der Waals surface area contributed by atoms with E-state index in [9.17, 15) is 4.79 Å². The van der Waals surface area contributed by atoms with Crippen molar-refractivity contribution in [3.8, 4) is 0 Å². The van der Waals surface area contributed by atoms with Crippen LogP contribution in [0.3, 0.4) is 0 Å². The number of hydrogen-bond acceptors (Lipinski definition) is 4. The Morgan fingerprint density at radius 1 is 1.21 bits per heavy atom. The summed E-state index contributed by atoms with van der Waals surface area (Å²) in [5, 5.41) is 6.50. The molecule has 3 fully saturated rings. The molecule has 1 heterocycles. The molecule has 0 aromatic carbocycles. The minimum atomic E-state index is -0.464. The van der Waals surface area contributed by atoms with Gasteiger partial charge in [0.2, 0.25) is 0 Å². The van der Waals surface area contributed by atoms with E-state index in [1.165, 1.54) is 32.2 Å². The van der Waals surface area contributed by atoms with E-state index in [4.69, 9.17) is 4.74 Å². The predicted octanol–water partition coefficient (Wildman–Crippen LogP) is 2.65. The Kier molecular flexibility index (Phi) is 8.66. The molecule has 1 amide bonds. The van der Waals surface area contributed by atoms with Gasteiger partial charge in [-0.15, -0.1) is 24.0 Å². The fourth-order valence-corrected chi connectivity index (χ4v) is 3.68. The van der Waals surface area contributed by atoms with E-state index in [1.54, 1.807) is 0 Å². The fraction of sp³-hybridized carbons (Fsp3) is 0.900. The van der Waals surface area contributed by atoms with Crippen LogP contribution in [0.25, 0.3) is 0 Å². The average Bonchev–Trinajstić information content (AvgIpc) is 3.48. The Morgan fingerprint density at radius 2 is 1.93 bits per heavy atom. The zero-order chi connectivity index (χ0) is 19.4. The second-order valence-electron chi connectivity index (χ2n) is 9.22. The highest BCUT2D eigenvalue weighted by Crippen LogP contribution is 2.34. The number of halogens is 1. The van der Waals surface area contributed by atoms with Crippen LogP contribution in [-0.2, 0) is 4.74 Å². The van der Waals surface area contributed by atoms with Gasteiger partial charge in [0.25, 0.3) is 0 Å². The molecule has 28 heavy (non-hydrogen) atoms. The molecule has 3 rings (SSSR count). The van der Waals surface area contributed by atoms with E-state index in [1.807, 2.05) is 27.8 Å². The molecule has 162 valence electrons. The molecule has 2 N–H and O–H groups in total. The summed E-state index contributed by atoms with van der Waals surface area (Å²) in [6, 6.07) is 0.930. The van der Waals surface area contributed by atoms with Crippen LogP contribution in [0.1, 0.15) is 52.9 Å². The number of aliphatic imine (C=N–C) groups is 1. The first-order chi connectivity index (χ1) is 12.8. The number of hydrogen-bond donors (Lipinski definition) is 2. The molecule has 0 radical (unpaired) electrons. The van der Waals surface area contributed by atoms with E-state index < -0.39 is 5.60 Å². The van der Waals surface area contributed by atoms with Crippen LogP contribution < -0.4 is 10.6 Å². The highest BCUT2D eigenvalue weighted by atomic mass is 127. The Bertz CT molecular complexity index is 543. The summed E-state index contributed by atoms with van der Waals surface area (Å²) in [6.45, 7) is 10.6. The summed E-state index contributed by atoms with van der Waals surface area (Å²) in [6.07, 6.45) is 6.14. The van der Waals surface area contributed by atoms with Gasteiger partial charge in [-0.05, 0) is 58.8 Å². The third-order valence-corrected chi connectivity index (χ3v) is 5.36. The highest BCUT2D eigenvalue weighted by Gasteiger charge is 2.33. The van der Waals surface area contributed by atoms with Crippen LogP contribution in [0.2, 0.25) is 0 Å². The standard InChI is InChI=1S/C20H37N5O2.HI/c1-20(2,3)27-19(26)23-16-9-11-25(14-16)18(21-4)22-10-12-24(17-7-8-17)13-15-5-6-15;/h15-17H,5-14H2,1-4H3,(H,21,22)(H,23,26);1H. The zero-order valence-corrected chi connectivity index (χ0v) is 20.2. The first-order valence-corrected chi connectivity index (χ1v) is 10.5. The molecule has 0 bridgehead atoms. The summed E-state index contributed by atoms with van der Waals surface area (Å²) < 4.78 is 5.36. The van der Waals surface area contributed by atoms with E-state index in [2.05, 4.69) is 25.4 Å². The summed E-state index contributed by atoms with van der Waals surface area (Å²) >= 11 is 0. The molecule has 1 atom stereocenters. The number of carbonyl (C=O) groups excluding carboxylic acids is 1. The van der Waals surface area contributed by atoms with E-state index in [0.29, 0.717) is 0 Å². The Balaban J connectivity index is 0.00000280. The van der Waals surface area contributed by atoms with Crippen molar-refractivity contribution >= 4 is 36.0 Å². The molecule has 3 aliphatic rings. The second kappa shape index (κ2) is 10.3. The Hall–Kier alpha value is -0.770. The maximum atomic E-state index is 12.0. The number of alkyl carbamates (subject to hydrolysis) is 1. The van der Waals surface area contributed by atoms with Gasteiger partial charge in [0, 0.05) is 45.8 Å². The molecule has 1 saturated heterocycles. The monoisotopic (exact) mass is 507 g/mol. The zero-order valence-electron chi connectivity index (χ0n) is 17.9. The van der Waals surface area contributed by atoms with E-state index in [-0.39, 0.29) is 36.1 Å². The summed E-state index contributed by atoms with van der Waals surface area (Å²) in [7, 11) is 1.83. The van der Waals surface area contributed by atoms with Crippen LogP contribution in [0.5, 0.6) is 0 Å². The lowest BCUT2D eigenvalue weighted by molar-refractivity contribution is 0.0507. The minimum absolute atomic E-state index is 0. The van der Waals surface area contributed by atoms with Crippen molar-refractivity contribution in [3.63, 3.8) is 0 Å². The molecule has 8 heteroatoms. The first-order valence-electron chi connectivity index (χ1n) is 10.5. The van der Waals surface area contributed by atoms with Gasteiger partial charge < -0.3 is 20.3 Å². The van der Waals surface area contributed by atoms with Gasteiger partial charge in [-0.1, -0.05) is 0 Å². The Morgan fingerprint density at radius 3 is 2.50 bits per heavy atom. The molecule has 2 aliphatic carbocycles. The van der Waals surface area contributed by atoms with E-state index >= 15 is 0 Å². The summed E-state index contributed by atoms with van der Waals surface area (Å²) in [5.74, 6) is 1.88. The Labute approximate surface area is 187 Å². The number of rotatable bonds is 7. The highest BCUT2D eigenvalue weighted by molar-refractivity contribution is 14.0. The maximum absolute atomic E-state index is 12.0. The van der Waals surface area contributed by atoms with Gasteiger partial charge in [0.05, 0.1) is 6.04 Å². The van der Waals surface area contributed by atoms with Crippen LogP contribution in [0, 0.1) is 5.92 Å². The topological polar surface area (TPSA) is 69.2 Å². The third kappa shape index (κ3) is 7.93. The van der Waals surface area contributed by atoms with Crippen molar-refractivity contribution in [2.75, 3.05) is 39.8 Å². The molecule has 2 saturated carbocycles. The van der Waals surface area contributed by atoms with Crippen molar-refractivity contribution < 1.29 is 9.53 Å². The normalized spacial score (nSPS) is 22.8. The van der Waals surface area contributed by atoms with Gasteiger partial charge >= 0.3 is 6.09 Å². The van der Waals surface area contributed by atoms with Gasteiger partial charge in [-0.25, -0.2) is 4.79 Å². The number of amides is 1. The van der Waals surface area contributed by atoms with Crippen LogP contribution in [0.4, 0.5) is 4.79 Å². The molecule has 7 nitrogen and oxygen atoms in total. The third-order valence-electron chi connectivity index (χ3n) is 5.36. The molecular weight excluding hydrogens is 469 g/mol. The van der Waals surface area contributed by atoms with Crippen LogP contribution in [0.15, 0.2) is 4.99 Å². The van der Waals surface area contributed by atoms with Crippen LogP contribution in [-0.4, -0.2) is 79.3 Å². The summed E-state index contributed by atoms with van der Waals surface area (Å²) in [4.78, 5) is 21.3. The van der Waals surface area contributed by atoms with E-state index in [0.717, 1.165) is 50.5 Å². The number of nitrogens with one attached hydrogen (secondary N) is 2. The summed E-state index contributed by atoms with van der Waals surface area (Å²) in [5.41, 5.74) is -0.464. The van der Waals surface area contributed by atoms with Crippen molar-refractivity contribution in [1.29, 1.82) is 0 Å². The smallest absolute Gasteiger partial charge is 0.407 e. The molecular formula is C20H38IN5O2. The van der Waals surface area contributed by atoms with Crippen molar-refractivity contribution in [2.24, 2.45) is 10.9 Å². The van der Waals surface area contributed by atoms with Gasteiger partial charge in [0.15, 0.2) is 5.96 Å². The average molecular weight is 507 g/mol. The SMILES string of the molecule is CN=C(NCCN(CC1CC1)C1CC1)N1CCC(NC(=O)OC(C)(C)C)C1.I. The second-order valence-corrected chi connectivity index (χ2v) is 9.22. The molecule has 0 aromatic rings. The quantitative estimate of drug-likeness (QED) is 0.315. The number of carbonyl (C=O) groups is 1. The van der Waals surface area contributed by atoms with Crippen LogP contribution >= 0.6 is 24.0 Å². The van der Waals surface area contributed by atoms with Crippen molar-refractivity contribution in [3.05, 3.63) is 0 Å². The van der Waals surface area contributed by atoms with Gasteiger partial charge in [-0.2, -0.15) is 0 Å². The number of guanidine groups is 1. The van der Waals surface area contributed by atoms with Gasteiger partial charge in [-0.3, -0.25) is 9.89 Å². The van der Waals surface area contributed by atoms with Gasteiger partial charge in [0.1, 0.15) is 5.60 Å². The number of likely N-dealkylation sites (tertiary alicyclic amines) is 1. The lowest BCUT2D eigenvalue weighted by Gasteiger charge is -2.25. The largest absolute Gasteiger partial charge is 0.444 e. The first kappa shape index (κ1) is 23.5. The number of nitrogens with zero attached hydrogens (tertiary/aromatic N) is 3. The molecule has 1 unspecified atom stereocenters. The number of ether oxygens (including phenoxy) is 1. The minimum Gasteiger partial charge on any atom is -0.444 e. The lowest BCUT2D eigenvalue weighted by Crippen LogP contribution is -2.46. The molecule has 0 spiro atoms. The fourth-order valence-electron chi connectivity index (χ4n) is 3.68.